The van der Waals surface area contributed by atoms with Gasteiger partial charge in [-0.1, -0.05) is 6.07 Å². The van der Waals surface area contributed by atoms with E-state index in [-0.39, 0.29) is 24.0 Å². The summed E-state index contributed by atoms with van der Waals surface area (Å²) in [5.74, 6) is 3.57. The lowest BCUT2D eigenvalue weighted by Gasteiger charge is -2.15. The predicted octanol–water partition coefficient (Wildman–Crippen LogP) is 4.35. The summed E-state index contributed by atoms with van der Waals surface area (Å²) in [5, 5.41) is 6.58. The molecule has 0 amide bonds. The van der Waals surface area contributed by atoms with Crippen molar-refractivity contribution < 1.29 is 18.9 Å². The highest BCUT2D eigenvalue weighted by Gasteiger charge is 2.08. The molecule has 0 radical (unpaired) electrons. The van der Waals surface area contributed by atoms with Crippen LogP contribution in [0.15, 0.2) is 41.4 Å². The SMILES string of the molecule is CCOc1ccc(CCNC(=NC)Nc2ccc(OC)c(OC)c2)cc1OCC.I. The Bertz CT molecular complexity index is 815. The maximum absolute atomic E-state index is 5.69. The number of aliphatic imine (C=N–C) groups is 1. The number of rotatable bonds is 10. The van der Waals surface area contributed by atoms with Gasteiger partial charge in [-0.05, 0) is 50.1 Å². The standard InChI is InChI=1S/C22H31N3O4.HI/c1-6-28-19-10-8-16(14-21(19)29-7-2)12-13-24-22(23-3)25-17-9-11-18(26-4)20(15-17)27-5;/h8-11,14-15H,6-7,12-13H2,1-5H3,(H2,23,24,25);1H. The molecule has 166 valence electrons. The first kappa shape index (κ1) is 25.7. The fraction of sp³-hybridized carbons (Fsp3) is 0.409. The molecule has 30 heavy (non-hydrogen) atoms. The molecule has 2 N–H and O–H groups in total. The fourth-order valence-corrected chi connectivity index (χ4v) is 2.81. The smallest absolute Gasteiger partial charge is 0.195 e. The lowest BCUT2D eigenvalue weighted by atomic mass is 10.1. The summed E-state index contributed by atoms with van der Waals surface area (Å²) in [6.07, 6.45) is 0.819. The van der Waals surface area contributed by atoms with Crippen molar-refractivity contribution in [3.05, 3.63) is 42.0 Å². The van der Waals surface area contributed by atoms with Gasteiger partial charge in [-0.25, -0.2) is 0 Å². The third-order valence-electron chi connectivity index (χ3n) is 4.18. The minimum atomic E-state index is 0. The average molecular weight is 529 g/mol. The Morgan fingerprint density at radius 2 is 1.53 bits per heavy atom. The van der Waals surface area contributed by atoms with E-state index in [1.54, 1.807) is 21.3 Å². The summed E-state index contributed by atoms with van der Waals surface area (Å²) >= 11 is 0. The summed E-state index contributed by atoms with van der Waals surface area (Å²) in [6.45, 7) is 5.85. The number of methoxy groups -OCH3 is 2. The van der Waals surface area contributed by atoms with Crippen molar-refractivity contribution in [3.63, 3.8) is 0 Å². The van der Waals surface area contributed by atoms with Gasteiger partial charge in [0.05, 0.1) is 27.4 Å². The van der Waals surface area contributed by atoms with Crippen LogP contribution in [-0.4, -0.2) is 47.0 Å². The zero-order valence-corrected chi connectivity index (χ0v) is 20.6. The number of anilines is 1. The molecule has 0 aliphatic heterocycles. The van der Waals surface area contributed by atoms with Gasteiger partial charge in [0, 0.05) is 25.3 Å². The Morgan fingerprint density at radius 1 is 0.867 bits per heavy atom. The predicted molar refractivity (Wildman–Crippen MR) is 132 cm³/mol. The number of guanidine groups is 1. The number of hydrogen-bond acceptors (Lipinski definition) is 5. The number of ether oxygens (including phenoxy) is 4. The van der Waals surface area contributed by atoms with E-state index in [0.29, 0.717) is 37.2 Å². The van der Waals surface area contributed by atoms with Crippen LogP contribution in [0.3, 0.4) is 0 Å². The molecule has 0 bridgehead atoms. The van der Waals surface area contributed by atoms with E-state index in [4.69, 9.17) is 18.9 Å². The molecule has 7 nitrogen and oxygen atoms in total. The van der Waals surface area contributed by atoms with Crippen molar-refractivity contribution in [1.82, 2.24) is 5.32 Å². The zero-order chi connectivity index (χ0) is 21.1. The maximum atomic E-state index is 5.69. The third-order valence-corrected chi connectivity index (χ3v) is 4.18. The summed E-state index contributed by atoms with van der Waals surface area (Å²) in [7, 11) is 4.96. The lowest BCUT2D eigenvalue weighted by Crippen LogP contribution is -2.32. The molecular formula is C22H32IN3O4. The lowest BCUT2D eigenvalue weighted by molar-refractivity contribution is 0.287. The van der Waals surface area contributed by atoms with Crippen molar-refractivity contribution in [2.24, 2.45) is 4.99 Å². The van der Waals surface area contributed by atoms with E-state index in [9.17, 15) is 0 Å². The Balaban J connectivity index is 0.00000450. The van der Waals surface area contributed by atoms with Crippen LogP contribution in [0.1, 0.15) is 19.4 Å². The van der Waals surface area contributed by atoms with Crippen molar-refractivity contribution in [3.8, 4) is 23.0 Å². The van der Waals surface area contributed by atoms with Crippen molar-refractivity contribution in [1.29, 1.82) is 0 Å². The van der Waals surface area contributed by atoms with Gasteiger partial charge in [-0.2, -0.15) is 0 Å². The maximum Gasteiger partial charge on any atom is 0.195 e. The number of hydrogen-bond donors (Lipinski definition) is 2. The van der Waals surface area contributed by atoms with Crippen LogP contribution >= 0.6 is 24.0 Å². The topological polar surface area (TPSA) is 73.3 Å². The van der Waals surface area contributed by atoms with Crippen LogP contribution in [0.2, 0.25) is 0 Å². The first-order chi connectivity index (χ1) is 14.1. The molecule has 0 aliphatic carbocycles. The molecule has 2 rings (SSSR count). The van der Waals surface area contributed by atoms with Crippen LogP contribution in [-0.2, 0) is 6.42 Å². The molecule has 8 heteroatoms. The highest BCUT2D eigenvalue weighted by molar-refractivity contribution is 14.0. The second kappa shape index (κ2) is 13.8. The van der Waals surface area contributed by atoms with Crippen molar-refractivity contribution in [2.75, 3.05) is 46.3 Å². The van der Waals surface area contributed by atoms with Crippen LogP contribution < -0.4 is 29.6 Å². The molecule has 2 aromatic carbocycles. The molecule has 0 atom stereocenters. The molecule has 0 aliphatic rings. The zero-order valence-electron chi connectivity index (χ0n) is 18.3. The molecule has 0 spiro atoms. The van der Waals surface area contributed by atoms with Crippen LogP contribution in [0.5, 0.6) is 23.0 Å². The Labute approximate surface area is 196 Å². The highest BCUT2D eigenvalue weighted by atomic mass is 127. The molecule has 2 aromatic rings. The van der Waals surface area contributed by atoms with E-state index in [0.717, 1.165) is 29.2 Å². The van der Waals surface area contributed by atoms with Crippen LogP contribution in [0.25, 0.3) is 0 Å². The minimum absolute atomic E-state index is 0. The number of nitrogens with one attached hydrogen (secondary N) is 2. The largest absolute Gasteiger partial charge is 0.493 e. The van der Waals surface area contributed by atoms with E-state index in [1.165, 1.54) is 0 Å². The van der Waals surface area contributed by atoms with E-state index < -0.39 is 0 Å². The van der Waals surface area contributed by atoms with Crippen LogP contribution in [0, 0.1) is 0 Å². The second-order valence-corrected chi connectivity index (χ2v) is 6.09. The minimum Gasteiger partial charge on any atom is -0.493 e. The molecule has 0 heterocycles. The summed E-state index contributed by atoms with van der Waals surface area (Å²) < 4.78 is 21.9. The Kier molecular flexibility index (Phi) is 11.8. The molecule has 0 aromatic heterocycles. The molecule has 0 saturated heterocycles. The average Bonchev–Trinajstić information content (AvgIpc) is 2.74. The molecule has 0 unspecified atom stereocenters. The van der Waals surface area contributed by atoms with Gasteiger partial charge in [0.2, 0.25) is 0 Å². The van der Waals surface area contributed by atoms with Gasteiger partial charge in [0.15, 0.2) is 29.0 Å². The van der Waals surface area contributed by atoms with Crippen molar-refractivity contribution in [2.45, 2.75) is 20.3 Å². The summed E-state index contributed by atoms with van der Waals surface area (Å²) in [4.78, 5) is 4.28. The van der Waals surface area contributed by atoms with Gasteiger partial charge in [0.1, 0.15) is 0 Å². The Hall–Kier alpha value is -2.36. The number of nitrogens with zero attached hydrogens (tertiary/aromatic N) is 1. The Morgan fingerprint density at radius 3 is 2.17 bits per heavy atom. The normalized spacial score (nSPS) is 10.6. The van der Waals surface area contributed by atoms with Gasteiger partial charge < -0.3 is 29.6 Å². The molecule has 0 saturated carbocycles. The highest BCUT2D eigenvalue weighted by Crippen LogP contribution is 2.30. The molecule has 0 fully saturated rings. The van der Waals surface area contributed by atoms with E-state index in [2.05, 4.69) is 21.7 Å². The molecular weight excluding hydrogens is 497 g/mol. The van der Waals surface area contributed by atoms with Gasteiger partial charge in [0.25, 0.3) is 0 Å². The van der Waals surface area contributed by atoms with Crippen LogP contribution in [0.4, 0.5) is 5.69 Å². The quantitative estimate of drug-likeness (QED) is 0.271. The van der Waals surface area contributed by atoms with Gasteiger partial charge in [-0.15, -0.1) is 24.0 Å². The summed E-state index contributed by atoms with van der Waals surface area (Å²) in [5.41, 5.74) is 2.02. The first-order valence-electron chi connectivity index (χ1n) is 9.73. The monoisotopic (exact) mass is 529 g/mol. The second-order valence-electron chi connectivity index (χ2n) is 6.09. The summed E-state index contributed by atoms with van der Waals surface area (Å²) in [6, 6.07) is 11.7. The fourth-order valence-electron chi connectivity index (χ4n) is 2.81. The third kappa shape index (κ3) is 7.47. The number of halogens is 1. The van der Waals surface area contributed by atoms with E-state index in [1.807, 2.05) is 44.2 Å². The van der Waals surface area contributed by atoms with Gasteiger partial charge in [-0.3, -0.25) is 4.99 Å². The van der Waals surface area contributed by atoms with Crippen molar-refractivity contribution >= 4 is 35.6 Å². The first-order valence-corrected chi connectivity index (χ1v) is 9.73. The van der Waals surface area contributed by atoms with E-state index >= 15 is 0 Å². The van der Waals surface area contributed by atoms with Gasteiger partial charge >= 0.3 is 0 Å². The number of benzene rings is 2.